The number of hydrogen-bond acceptors (Lipinski definition) is 4. The molecular weight excluding hydrogens is 403 g/mol. The van der Waals surface area contributed by atoms with Crippen LogP contribution in [0.4, 0.5) is 0 Å². The van der Waals surface area contributed by atoms with Gasteiger partial charge in [0.1, 0.15) is 17.9 Å². The van der Waals surface area contributed by atoms with E-state index < -0.39 is 15.4 Å². The van der Waals surface area contributed by atoms with Crippen molar-refractivity contribution in [1.82, 2.24) is 0 Å². The van der Waals surface area contributed by atoms with Crippen molar-refractivity contribution in [2.45, 2.75) is 65.9 Å². The smallest absolute Gasteiger partial charge is 0.342 e. The van der Waals surface area contributed by atoms with Crippen molar-refractivity contribution in [3.63, 3.8) is 0 Å². The van der Waals surface area contributed by atoms with Crippen LogP contribution in [0.1, 0.15) is 46.5 Å². The summed E-state index contributed by atoms with van der Waals surface area (Å²) in [6.45, 7) is 15.2. The van der Waals surface area contributed by atoms with E-state index in [4.69, 9.17) is 9.47 Å². The lowest BCUT2D eigenvalue weighted by molar-refractivity contribution is 0.0532. The zero-order valence-corrected chi connectivity index (χ0v) is 20.7. The summed E-state index contributed by atoms with van der Waals surface area (Å²) in [7, 11) is -4.39. The number of benzene rings is 1. The normalized spacial score (nSPS) is 16.4. The van der Waals surface area contributed by atoms with E-state index in [1.165, 1.54) is 12.2 Å². The number of fused-ring (bicyclic) bond motifs is 1. The number of rotatable bonds is 9. The number of hydrogen-bond donors (Lipinski definition) is 1. The molecule has 0 aliphatic carbocycles. The topological polar surface area (TPSA) is 72.8 Å². The molecule has 0 saturated heterocycles. The summed E-state index contributed by atoms with van der Waals surface area (Å²) in [5.74, 6) is 0.333. The number of carbonyl (C=O) groups is 1. The summed E-state index contributed by atoms with van der Waals surface area (Å²) in [6, 6.07) is 1.00. The third-order valence-electron chi connectivity index (χ3n) is 5.27. The Morgan fingerprint density at radius 1 is 1.31 bits per heavy atom. The van der Waals surface area contributed by atoms with Crippen molar-refractivity contribution in [2.24, 2.45) is 0 Å². The fraction of sp³-hybridized carbons (Fsp3) is 0.591. The zero-order chi connectivity index (χ0) is 22.0. The first-order chi connectivity index (χ1) is 13.3. The van der Waals surface area contributed by atoms with Gasteiger partial charge in [-0.2, -0.15) is 0 Å². The van der Waals surface area contributed by atoms with Crippen LogP contribution in [0, 0.1) is 6.92 Å². The average Bonchev–Trinajstić information content (AvgIpc) is 2.94. The SMILES string of the molecule is CCc1c(C)c2c(c(OCC[Si](C)(C)C)c1C/C=C(\C)CP(C)(=O)O)C(=O)OC2. The minimum absolute atomic E-state index is 0.173. The lowest BCUT2D eigenvalue weighted by atomic mass is 9.89. The molecule has 0 aromatic heterocycles. The van der Waals surface area contributed by atoms with Crippen LogP contribution >= 0.6 is 7.37 Å². The molecule has 29 heavy (non-hydrogen) atoms. The second kappa shape index (κ2) is 9.19. The van der Waals surface area contributed by atoms with Crippen LogP contribution in [-0.2, 0) is 28.8 Å². The first-order valence-electron chi connectivity index (χ1n) is 10.3. The molecule has 1 unspecified atom stereocenters. The summed E-state index contributed by atoms with van der Waals surface area (Å²) in [6.07, 6.45) is 3.55. The lowest BCUT2D eigenvalue weighted by Gasteiger charge is -2.22. The van der Waals surface area contributed by atoms with Gasteiger partial charge in [-0.3, -0.25) is 4.57 Å². The molecule has 1 N–H and O–H groups in total. The summed E-state index contributed by atoms with van der Waals surface area (Å²) in [5, 5.41) is 0. The third kappa shape index (κ3) is 6.31. The molecule has 0 radical (unpaired) electrons. The standard InChI is InChI=1S/C22H35O5PSi/c1-8-17-16(3)19-13-27-22(23)20(19)21(26-11-12-29(5,6)7)18(17)10-9-15(2)14-28(4,24)25/h9H,8,10-14H2,1-7H3,(H,24,25)/b15-9+. The Kier molecular flexibility index (Phi) is 7.58. The summed E-state index contributed by atoms with van der Waals surface area (Å²) in [4.78, 5) is 22.2. The first-order valence-corrected chi connectivity index (χ1v) is 16.3. The molecule has 1 heterocycles. The van der Waals surface area contributed by atoms with E-state index in [-0.39, 0.29) is 12.1 Å². The summed E-state index contributed by atoms with van der Waals surface area (Å²) in [5.41, 5.74) is 5.65. The Bertz CT molecular complexity index is 861. The lowest BCUT2D eigenvalue weighted by Crippen LogP contribution is -2.23. The van der Waals surface area contributed by atoms with Crippen LogP contribution in [0.15, 0.2) is 11.6 Å². The van der Waals surface area contributed by atoms with Crippen LogP contribution in [-0.4, -0.2) is 38.4 Å². The highest BCUT2D eigenvalue weighted by Gasteiger charge is 2.32. The van der Waals surface area contributed by atoms with E-state index in [0.29, 0.717) is 30.9 Å². The maximum atomic E-state index is 12.5. The van der Waals surface area contributed by atoms with E-state index in [9.17, 15) is 14.3 Å². The van der Waals surface area contributed by atoms with Gasteiger partial charge in [-0.25, -0.2) is 4.79 Å². The molecule has 5 nitrogen and oxygen atoms in total. The minimum atomic E-state index is -3.11. The Morgan fingerprint density at radius 2 is 1.97 bits per heavy atom. The van der Waals surface area contributed by atoms with Gasteiger partial charge in [0.2, 0.25) is 7.37 Å². The Hall–Kier alpha value is -1.36. The maximum Gasteiger partial charge on any atom is 0.342 e. The van der Waals surface area contributed by atoms with E-state index in [2.05, 4.69) is 26.6 Å². The summed E-state index contributed by atoms with van der Waals surface area (Å²) >= 11 is 0. The highest BCUT2D eigenvalue weighted by Crippen LogP contribution is 2.40. The van der Waals surface area contributed by atoms with Crippen molar-refractivity contribution in [3.8, 4) is 5.75 Å². The van der Waals surface area contributed by atoms with E-state index >= 15 is 0 Å². The second-order valence-corrected chi connectivity index (χ2v) is 17.4. The molecule has 0 saturated carbocycles. The van der Waals surface area contributed by atoms with E-state index in [1.807, 2.05) is 19.9 Å². The third-order valence-corrected chi connectivity index (χ3v) is 8.06. The molecule has 1 atom stereocenters. The zero-order valence-electron chi connectivity index (χ0n) is 18.8. The van der Waals surface area contributed by atoms with Crippen molar-refractivity contribution in [3.05, 3.63) is 39.5 Å². The predicted molar refractivity (Wildman–Crippen MR) is 121 cm³/mol. The van der Waals surface area contributed by atoms with Gasteiger partial charge in [0.15, 0.2) is 0 Å². The highest BCUT2D eigenvalue weighted by atomic mass is 31.2. The second-order valence-electron chi connectivity index (χ2n) is 9.32. The first kappa shape index (κ1) is 23.9. The van der Waals surface area contributed by atoms with Crippen LogP contribution in [0.2, 0.25) is 25.7 Å². The molecule has 1 aliphatic rings. The van der Waals surface area contributed by atoms with Crippen LogP contribution < -0.4 is 4.74 Å². The molecule has 0 fully saturated rings. The molecule has 1 aromatic carbocycles. The number of carbonyl (C=O) groups excluding carboxylic acids is 1. The van der Waals surface area contributed by atoms with Crippen LogP contribution in [0.3, 0.4) is 0 Å². The predicted octanol–water partition coefficient (Wildman–Crippen LogP) is 5.33. The Balaban J connectivity index is 2.50. The molecule has 0 bridgehead atoms. The van der Waals surface area contributed by atoms with Crippen LogP contribution in [0.5, 0.6) is 5.75 Å². The highest BCUT2D eigenvalue weighted by molar-refractivity contribution is 7.57. The molecule has 0 amide bonds. The monoisotopic (exact) mass is 438 g/mol. The van der Waals surface area contributed by atoms with Gasteiger partial charge in [0.25, 0.3) is 0 Å². The van der Waals surface area contributed by atoms with Crippen LogP contribution in [0.25, 0.3) is 0 Å². The molecule has 0 spiro atoms. The fourth-order valence-corrected chi connectivity index (χ4v) is 5.51. The van der Waals surface area contributed by atoms with Gasteiger partial charge in [-0.1, -0.05) is 38.2 Å². The van der Waals surface area contributed by atoms with Gasteiger partial charge in [-0.05, 0) is 43.9 Å². The fourth-order valence-electron chi connectivity index (χ4n) is 3.74. The average molecular weight is 439 g/mol. The Labute approximate surface area is 176 Å². The molecule has 1 aromatic rings. The number of cyclic esters (lactones) is 1. The van der Waals surface area contributed by atoms with Gasteiger partial charge in [-0.15, -0.1) is 0 Å². The molecule has 2 rings (SSSR count). The van der Waals surface area contributed by atoms with Crippen molar-refractivity contribution in [2.75, 3.05) is 19.4 Å². The van der Waals surface area contributed by atoms with Gasteiger partial charge >= 0.3 is 5.97 Å². The molecule has 1 aliphatic heterocycles. The number of allylic oxidation sites excluding steroid dienone is 2. The largest absolute Gasteiger partial charge is 0.493 e. The van der Waals surface area contributed by atoms with Gasteiger partial charge < -0.3 is 14.4 Å². The molecule has 162 valence electrons. The number of esters is 1. The van der Waals surface area contributed by atoms with Crippen molar-refractivity contribution in [1.29, 1.82) is 0 Å². The maximum absolute atomic E-state index is 12.5. The molecular formula is C22H35O5PSi. The Morgan fingerprint density at radius 3 is 2.52 bits per heavy atom. The minimum Gasteiger partial charge on any atom is -0.493 e. The van der Waals surface area contributed by atoms with Gasteiger partial charge in [0, 0.05) is 32.0 Å². The van der Waals surface area contributed by atoms with Crippen molar-refractivity contribution < 1.29 is 23.7 Å². The molecule has 7 heteroatoms. The van der Waals surface area contributed by atoms with E-state index in [1.54, 1.807) is 0 Å². The number of ether oxygens (including phenoxy) is 2. The van der Waals surface area contributed by atoms with Crippen molar-refractivity contribution >= 4 is 21.4 Å². The quantitative estimate of drug-likeness (QED) is 0.244. The summed E-state index contributed by atoms with van der Waals surface area (Å²) < 4.78 is 23.3. The van der Waals surface area contributed by atoms with Gasteiger partial charge in [0.05, 0.1) is 6.61 Å². The van der Waals surface area contributed by atoms with E-state index in [0.717, 1.165) is 34.7 Å².